The van der Waals surface area contributed by atoms with E-state index in [4.69, 9.17) is 4.74 Å². The zero-order valence-electron chi connectivity index (χ0n) is 9.22. The van der Waals surface area contributed by atoms with E-state index in [1.54, 1.807) is 7.11 Å². The summed E-state index contributed by atoms with van der Waals surface area (Å²) in [5, 5.41) is 0.589. The molecule has 3 rings (SSSR count). The number of aromatic nitrogens is 2. The Balaban J connectivity index is 2.01. The molecule has 0 spiro atoms. The van der Waals surface area contributed by atoms with Crippen LogP contribution in [0.15, 0.2) is 24.5 Å². The van der Waals surface area contributed by atoms with Gasteiger partial charge in [-0.1, -0.05) is 0 Å². The number of hydrogen-bond donors (Lipinski definition) is 0. The lowest BCUT2D eigenvalue weighted by Gasteiger charge is -2.01. The molecule has 0 radical (unpaired) electrons. The van der Waals surface area contributed by atoms with Gasteiger partial charge in [0.1, 0.15) is 11.4 Å². The predicted octanol–water partition coefficient (Wildman–Crippen LogP) is 2.91. The van der Waals surface area contributed by atoms with E-state index in [2.05, 4.69) is 11.2 Å². The van der Waals surface area contributed by atoms with Crippen LogP contribution < -0.4 is 4.74 Å². The van der Waals surface area contributed by atoms with E-state index in [1.165, 1.54) is 24.3 Å². The Morgan fingerprint density at radius 3 is 3.12 bits per heavy atom. The van der Waals surface area contributed by atoms with Crippen LogP contribution in [-0.2, 0) is 0 Å². The van der Waals surface area contributed by atoms with Gasteiger partial charge in [-0.15, -0.1) is 0 Å². The molecule has 1 unspecified atom stereocenters. The molecule has 1 aliphatic rings. The zero-order chi connectivity index (χ0) is 11.0. The van der Waals surface area contributed by atoms with Crippen LogP contribution in [0.2, 0.25) is 0 Å². The minimum atomic E-state index is 0.589. The van der Waals surface area contributed by atoms with Crippen LogP contribution in [0.25, 0.3) is 5.65 Å². The number of fused-ring (bicyclic) bond motifs is 1. The number of nitrogens with zero attached hydrogens (tertiary/aromatic N) is 2. The minimum absolute atomic E-state index is 0.589. The van der Waals surface area contributed by atoms with Gasteiger partial charge in [0.25, 0.3) is 0 Å². The summed E-state index contributed by atoms with van der Waals surface area (Å²) in [4.78, 5) is 4.66. The fraction of sp³-hybridized carbons (Fsp3) is 0.417. The van der Waals surface area contributed by atoms with Crippen molar-refractivity contribution in [2.24, 2.45) is 0 Å². The molecule has 84 valence electrons. The molecule has 0 aliphatic carbocycles. The van der Waals surface area contributed by atoms with Gasteiger partial charge in [-0.05, 0) is 30.7 Å². The van der Waals surface area contributed by atoms with Crippen molar-refractivity contribution < 1.29 is 4.74 Å². The Morgan fingerprint density at radius 2 is 2.38 bits per heavy atom. The van der Waals surface area contributed by atoms with Gasteiger partial charge in [0, 0.05) is 11.4 Å². The summed E-state index contributed by atoms with van der Waals surface area (Å²) < 4.78 is 7.25. The molecule has 1 atom stereocenters. The highest BCUT2D eigenvalue weighted by molar-refractivity contribution is 7.99. The van der Waals surface area contributed by atoms with Crippen LogP contribution in [0.1, 0.15) is 23.8 Å². The first-order valence-corrected chi connectivity index (χ1v) is 6.56. The minimum Gasteiger partial charge on any atom is -0.495 e. The van der Waals surface area contributed by atoms with Crippen molar-refractivity contribution in [3.63, 3.8) is 0 Å². The zero-order valence-corrected chi connectivity index (χ0v) is 10.0. The van der Waals surface area contributed by atoms with Gasteiger partial charge < -0.3 is 9.14 Å². The highest BCUT2D eigenvalue weighted by Crippen LogP contribution is 2.39. The Morgan fingerprint density at radius 1 is 1.44 bits per heavy atom. The molecule has 3 nitrogen and oxygen atoms in total. The second-order valence-electron chi connectivity index (χ2n) is 4.00. The number of hydrogen-bond acceptors (Lipinski definition) is 3. The second kappa shape index (κ2) is 4.01. The maximum Gasteiger partial charge on any atom is 0.137 e. The second-order valence-corrected chi connectivity index (χ2v) is 5.31. The summed E-state index contributed by atoms with van der Waals surface area (Å²) in [6.07, 6.45) is 6.67. The van der Waals surface area contributed by atoms with E-state index in [9.17, 15) is 0 Å². The van der Waals surface area contributed by atoms with Gasteiger partial charge >= 0.3 is 0 Å². The lowest BCUT2D eigenvalue weighted by molar-refractivity contribution is 0.412. The standard InChI is InChI=1S/C12H14N2OS/c1-15-9-4-5-12-13-10(8-14(12)7-9)11-3-2-6-16-11/h4-5,7-8,11H,2-3,6H2,1H3. The number of ether oxygens (including phenoxy) is 1. The molecular weight excluding hydrogens is 220 g/mol. The van der Waals surface area contributed by atoms with Gasteiger partial charge in [-0.2, -0.15) is 11.8 Å². The lowest BCUT2D eigenvalue weighted by atomic mass is 10.2. The molecule has 2 aromatic heterocycles. The quantitative estimate of drug-likeness (QED) is 0.799. The summed E-state index contributed by atoms with van der Waals surface area (Å²) in [7, 11) is 1.69. The summed E-state index contributed by atoms with van der Waals surface area (Å²) in [5.41, 5.74) is 2.21. The van der Waals surface area contributed by atoms with Crippen LogP contribution >= 0.6 is 11.8 Å². The molecule has 1 fully saturated rings. The van der Waals surface area contributed by atoms with E-state index in [0.29, 0.717) is 5.25 Å². The van der Waals surface area contributed by atoms with Gasteiger partial charge in [-0.3, -0.25) is 0 Å². The number of imidazole rings is 1. The summed E-state index contributed by atoms with van der Waals surface area (Å²) >= 11 is 2.01. The van der Waals surface area contributed by atoms with Crippen molar-refractivity contribution in [1.82, 2.24) is 9.38 Å². The third-order valence-corrected chi connectivity index (χ3v) is 4.34. The third-order valence-electron chi connectivity index (χ3n) is 2.94. The normalized spacial score (nSPS) is 20.4. The Hall–Kier alpha value is -1.16. The first-order valence-electron chi connectivity index (χ1n) is 5.51. The molecule has 16 heavy (non-hydrogen) atoms. The SMILES string of the molecule is COc1ccc2nc(C3CCCS3)cn2c1. The molecule has 0 saturated carbocycles. The molecule has 1 saturated heterocycles. The predicted molar refractivity (Wildman–Crippen MR) is 66.2 cm³/mol. The van der Waals surface area contributed by atoms with Crippen molar-refractivity contribution in [1.29, 1.82) is 0 Å². The Kier molecular flexibility index (Phi) is 2.52. The molecule has 1 aliphatic heterocycles. The first-order chi connectivity index (χ1) is 7.86. The Labute approximate surface area is 98.8 Å². The smallest absolute Gasteiger partial charge is 0.137 e. The maximum atomic E-state index is 5.20. The van der Waals surface area contributed by atoms with Crippen LogP contribution in [-0.4, -0.2) is 22.2 Å². The monoisotopic (exact) mass is 234 g/mol. The summed E-state index contributed by atoms with van der Waals surface area (Å²) in [6, 6.07) is 3.95. The molecule has 3 heterocycles. The molecule has 0 N–H and O–H groups in total. The van der Waals surface area contributed by atoms with Crippen molar-refractivity contribution >= 4 is 17.4 Å². The van der Waals surface area contributed by atoms with E-state index in [-0.39, 0.29) is 0 Å². The van der Waals surface area contributed by atoms with Crippen molar-refractivity contribution in [3.8, 4) is 5.75 Å². The van der Waals surface area contributed by atoms with E-state index >= 15 is 0 Å². The fourth-order valence-corrected chi connectivity index (χ4v) is 3.31. The van der Waals surface area contributed by atoms with Crippen LogP contribution in [0, 0.1) is 0 Å². The summed E-state index contributed by atoms with van der Waals surface area (Å²) in [5.74, 6) is 2.14. The largest absolute Gasteiger partial charge is 0.495 e. The van der Waals surface area contributed by atoms with Crippen molar-refractivity contribution in [3.05, 3.63) is 30.2 Å². The van der Waals surface area contributed by atoms with Gasteiger partial charge in [0.15, 0.2) is 0 Å². The Bertz CT molecular complexity index is 503. The molecule has 2 aromatic rings. The highest BCUT2D eigenvalue weighted by atomic mass is 32.2. The number of rotatable bonds is 2. The number of thioether (sulfide) groups is 1. The van der Waals surface area contributed by atoms with E-state index in [0.717, 1.165) is 11.4 Å². The topological polar surface area (TPSA) is 26.5 Å². The van der Waals surface area contributed by atoms with Crippen LogP contribution in [0.3, 0.4) is 0 Å². The van der Waals surface area contributed by atoms with Gasteiger partial charge in [0.05, 0.1) is 19.0 Å². The number of pyridine rings is 1. The average Bonchev–Trinajstić information content (AvgIpc) is 2.96. The summed E-state index contributed by atoms with van der Waals surface area (Å²) in [6.45, 7) is 0. The van der Waals surface area contributed by atoms with Crippen LogP contribution in [0.4, 0.5) is 0 Å². The number of methoxy groups -OCH3 is 1. The highest BCUT2D eigenvalue weighted by Gasteiger charge is 2.20. The maximum absolute atomic E-state index is 5.20. The van der Waals surface area contributed by atoms with Gasteiger partial charge in [0.2, 0.25) is 0 Å². The van der Waals surface area contributed by atoms with Crippen molar-refractivity contribution in [2.45, 2.75) is 18.1 Å². The fourth-order valence-electron chi connectivity index (χ4n) is 2.08. The molecule has 0 amide bonds. The molecule has 0 aromatic carbocycles. The third kappa shape index (κ3) is 1.67. The first kappa shape index (κ1) is 10.0. The van der Waals surface area contributed by atoms with E-state index in [1.807, 2.05) is 34.5 Å². The van der Waals surface area contributed by atoms with E-state index < -0.39 is 0 Å². The van der Waals surface area contributed by atoms with Gasteiger partial charge in [-0.25, -0.2) is 4.98 Å². The lowest BCUT2D eigenvalue weighted by Crippen LogP contribution is -1.87. The van der Waals surface area contributed by atoms with Crippen molar-refractivity contribution in [2.75, 3.05) is 12.9 Å². The molecule has 4 heteroatoms. The molecule has 0 bridgehead atoms. The molecular formula is C12H14N2OS. The average molecular weight is 234 g/mol. The van der Waals surface area contributed by atoms with Crippen LogP contribution in [0.5, 0.6) is 5.75 Å².